The summed E-state index contributed by atoms with van der Waals surface area (Å²) in [6.07, 6.45) is 6.22. The van der Waals surface area contributed by atoms with Gasteiger partial charge in [-0.25, -0.2) is 0 Å². The number of carbonyl (C=O) groups is 1. The lowest BCUT2D eigenvalue weighted by Crippen LogP contribution is -2.23. The molecule has 1 fully saturated rings. The molecule has 102 valence electrons. The molecule has 1 aliphatic rings. The molecule has 0 aromatic heterocycles. The third kappa shape index (κ3) is 5.19. The second-order valence-corrected chi connectivity index (χ2v) is 6.10. The molecule has 0 radical (unpaired) electrons. The number of hydrogen-bond acceptors (Lipinski definition) is 1. The quantitative estimate of drug-likeness (QED) is 0.625. The van der Waals surface area contributed by atoms with Crippen LogP contribution in [0.25, 0.3) is 0 Å². The van der Waals surface area contributed by atoms with Crippen molar-refractivity contribution in [3.63, 3.8) is 0 Å². The summed E-state index contributed by atoms with van der Waals surface area (Å²) in [5.74, 6) is 0.728. The van der Waals surface area contributed by atoms with Crippen LogP contribution < -0.4 is 5.32 Å². The highest BCUT2D eigenvalue weighted by Gasteiger charge is 2.23. The van der Waals surface area contributed by atoms with Crippen molar-refractivity contribution in [3.05, 3.63) is 46.0 Å². The zero-order valence-electron chi connectivity index (χ0n) is 11.3. The van der Waals surface area contributed by atoms with Gasteiger partial charge in [0.2, 0.25) is 5.91 Å². The molecule has 0 saturated heterocycles. The zero-order valence-corrected chi connectivity index (χ0v) is 12.9. The molecular weight excluding hydrogens is 302 g/mol. The van der Waals surface area contributed by atoms with Crippen LogP contribution in [0.1, 0.15) is 31.7 Å². The Kier molecular flexibility index (Phi) is 5.20. The van der Waals surface area contributed by atoms with E-state index in [2.05, 4.69) is 40.3 Å². The molecule has 1 aromatic carbocycles. The molecule has 1 amide bonds. The second-order valence-electron chi connectivity index (χ2n) is 5.19. The van der Waals surface area contributed by atoms with Crippen LogP contribution in [0.5, 0.6) is 0 Å². The summed E-state index contributed by atoms with van der Waals surface area (Å²) >= 11 is 3.46. The summed E-state index contributed by atoms with van der Waals surface area (Å²) in [7, 11) is 0. The predicted molar refractivity (Wildman–Crippen MR) is 82.0 cm³/mol. The molecule has 2 nitrogen and oxygen atoms in total. The van der Waals surface area contributed by atoms with Gasteiger partial charge >= 0.3 is 0 Å². The third-order valence-corrected chi connectivity index (χ3v) is 3.90. The molecular formula is C16H20BrNO. The maximum Gasteiger partial charge on any atom is 0.243 e. The standard InChI is InChI=1S/C16H20BrNO/c1-12(14-7-8-14)10-16(19)18-9-3-5-13-4-2-6-15(17)11-13/h2,4,6,10-11,14H,3,5,7-9H2,1H3,(H,18,19)/b12-10-. The maximum atomic E-state index is 11.7. The van der Waals surface area contributed by atoms with E-state index in [4.69, 9.17) is 0 Å². The maximum absolute atomic E-state index is 11.7. The molecule has 0 bridgehead atoms. The molecule has 19 heavy (non-hydrogen) atoms. The van der Waals surface area contributed by atoms with Gasteiger partial charge in [0, 0.05) is 17.1 Å². The van der Waals surface area contributed by atoms with Crippen molar-refractivity contribution in [3.8, 4) is 0 Å². The molecule has 1 N–H and O–H groups in total. The first kappa shape index (κ1) is 14.3. The number of aryl methyl sites for hydroxylation is 1. The molecule has 2 rings (SSSR count). The summed E-state index contributed by atoms with van der Waals surface area (Å²) in [5.41, 5.74) is 2.53. The smallest absolute Gasteiger partial charge is 0.243 e. The minimum absolute atomic E-state index is 0.0543. The highest BCUT2D eigenvalue weighted by molar-refractivity contribution is 9.10. The topological polar surface area (TPSA) is 29.1 Å². The van der Waals surface area contributed by atoms with Gasteiger partial charge in [-0.1, -0.05) is 33.6 Å². The molecule has 0 spiro atoms. The van der Waals surface area contributed by atoms with Crippen LogP contribution in [0, 0.1) is 5.92 Å². The van der Waals surface area contributed by atoms with Crippen molar-refractivity contribution in [2.45, 2.75) is 32.6 Å². The van der Waals surface area contributed by atoms with E-state index in [1.807, 2.05) is 12.1 Å². The van der Waals surface area contributed by atoms with Crippen molar-refractivity contribution in [1.82, 2.24) is 5.32 Å². The third-order valence-electron chi connectivity index (χ3n) is 3.41. The number of nitrogens with one attached hydrogen (secondary N) is 1. The van der Waals surface area contributed by atoms with Gasteiger partial charge in [-0.2, -0.15) is 0 Å². The number of carbonyl (C=O) groups excluding carboxylic acids is 1. The lowest BCUT2D eigenvalue weighted by Gasteiger charge is -2.04. The van der Waals surface area contributed by atoms with E-state index in [0.29, 0.717) is 5.92 Å². The number of allylic oxidation sites excluding steroid dienone is 1. The van der Waals surface area contributed by atoms with Crippen molar-refractivity contribution in [1.29, 1.82) is 0 Å². The van der Waals surface area contributed by atoms with Gasteiger partial charge in [0.05, 0.1) is 0 Å². The second kappa shape index (κ2) is 6.90. The zero-order chi connectivity index (χ0) is 13.7. The first-order chi connectivity index (χ1) is 9.15. The van der Waals surface area contributed by atoms with Crippen LogP contribution >= 0.6 is 15.9 Å². The highest BCUT2D eigenvalue weighted by atomic mass is 79.9. The fourth-order valence-corrected chi connectivity index (χ4v) is 2.56. The van der Waals surface area contributed by atoms with Gasteiger partial charge in [-0.3, -0.25) is 4.79 Å². The van der Waals surface area contributed by atoms with Crippen LogP contribution in [0.15, 0.2) is 40.4 Å². The van der Waals surface area contributed by atoms with Crippen molar-refractivity contribution in [2.75, 3.05) is 6.54 Å². The number of benzene rings is 1. The fraction of sp³-hybridized carbons (Fsp3) is 0.438. The molecule has 0 aliphatic heterocycles. The average Bonchev–Trinajstić information content (AvgIpc) is 3.19. The Labute approximate surface area is 123 Å². The van der Waals surface area contributed by atoms with Gasteiger partial charge in [-0.05, 0) is 56.2 Å². The summed E-state index contributed by atoms with van der Waals surface area (Å²) in [6, 6.07) is 8.30. The Morgan fingerprint density at radius 1 is 1.47 bits per heavy atom. The number of amides is 1. The van der Waals surface area contributed by atoms with Gasteiger partial charge in [0.25, 0.3) is 0 Å². The molecule has 0 atom stereocenters. The summed E-state index contributed by atoms with van der Waals surface area (Å²) < 4.78 is 1.11. The lowest BCUT2D eigenvalue weighted by molar-refractivity contribution is -0.116. The van der Waals surface area contributed by atoms with E-state index < -0.39 is 0 Å². The fourth-order valence-electron chi connectivity index (χ4n) is 2.11. The number of halogens is 1. The van der Waals surface area contributed by atoms with Crippen LogP contribution in [0.3, 0.4) is 0 Å². The molecule has 3 heteroatoms. The highest BCUT2D eigenvalue weighted by Crippen LogP contribution is 2.35. The van der Waals surface area contributed by atoms with Crippen LogP contribution in [-0.2, 0) is 11.2 Å². The van der Waals surface area contributed by atoms with Gasteiger partial charge in [-0.15, -0.1) is 0 Å². The Morgan fingerprint density at radius 2 is 2.26 bits per heavy atom. The summed E-state index contributed by atoms with van der Waals surface area (Å²) in [6.45, 7) is 2.79. The summed E-state index contributed by atoms with van der Waals surface area (Å²) in [4.78, 5) is 11.7. The van der Waals surface area contributed by atoms with E-state index in [1.54, 1.807) is 6.08 Å². The van der Waals surface area contributed by atoms with Crippen molar-refractivity contribution < 1.29 is 4.79 Å². The Morgan fingerprint density at radius 3 is 2.95 bits per heavy atom. The number of hydrogen-bond donors (Lipinski definition) is 1. The van der Waals surface area contributed by atoms with Gasteiger partial charge in [0.1, 0.15) is 0 Å². The first-order valence-corrected chi connectivity index (χ1v) is 7.65. The van der Waals surface area contributed by atoms with E-state index in [-0.39, 0.29) is 5.91 Å². The average molecular weight is 322 g/mol. The Balaban J connectivity index is 1.66. The lowest BCUT2D eigenvalue weighted by atomic mass is 10.1. The van der Waals surface area contributed by atoms with Crippen LogP contribution in [-0.4, -0.2) is 12.5 Å². The van der Waals surface area contributed by atoms with Gasteiger partial charge in [0.15, 0.2) is 0 Å². The number of rotatable bonds is 6. The van der Waals surface area contributed by atoms with Crippen molar-refractivity contribution >= 4 is 21.8 Å². The molecule has 0 unspecified atom stereocenters. The van der Waals surface area contributed by atoms with E-state index >= 15 is 0 Å². The molecule has 1 saturated carbocycles. The molecule has 1 aliphatic carbocycles. The largest absolute Gasteiger partial charge is 0.353 e. The van der Waals surface area contributed by atoms with Crippen molar-refractivity contribution in [2.24, 2.45) is 5.92 Å². The molecule has 0 heterocycles. The minimum Gasteiger partial charge on any atom is -0.353 e. The predicted octanol–water partition coefficient (Wildman–Crippen LogP) is 3.85. The van der Waals surface area contributed by atoms with Crippen LogP contribution in [0.4, 0.5) is 0 Å². The van der Waals surface area contributed by atoms with Gasteiger partial charge < -0.3 is 5.32 Å². The normalized spacial score (nSPS) is 15.4. The Bertz CT molecular complexity index is 477. The minimum atomic E-state index is 0.0543. The summed E-state index contributed by atoms with van der Waals surface area (Å²) in [5, 5.41) is 2.95. The molecule has 1 aromatic rings. The Hall–Kier alpha value is -1.09. The SMILES string of the molecule is C/C(=C/C(=O)NCCCc1cccc(Br)c1)C1CC1. The van der Waals surface area contributed by atoms with E-state index in [9.17, 15) is 4.79 Å². The first-order valence-electron chi connectivity index (χ1n) is 6.85. The van der Waals surface area contributed by atoms with Crippen LogP contribution in [0.2, 0.25) is 0 Å². The van der Waals surface area contributed by atoms with E-state index in [1.165, 1.54) is 24.0 Å². The van der Waals surface area contributed by atoms with E-state index in [0.717, 1.165) is 23.9 Å². The monoisotopic (exact) mass is 321 g/mol.